The Bertz CT molecular complexity index is 627. The molecule has 3 rings (SSSR count). The summed E-state index contributed by atoms with van der Waals surface area (Å²) in [7, 11) is 0. The zero-order valence-corrected chi connectivity index (χ0v) is 14.5. The van der Waals surface area contributed by atoms with Gasteiger partial charge in [-0.05, 0) is 36.5 Å². The number of nitrogens with zero attached hydrogens (tertiary/aromatic N) is 1. The average Bonchev–Trinajstić information content (AvgIpc) is 3.44. The molecule has 0 spiro atoms. The van der Waals surface area contributed by atoms with Gasteiger partial charge in [-0.15, -0.1) is 0 Å². The van der Waals surface area contributed by atoms with Crippen LogP contribution in [-0.2, 0) is 27.0 Å². The minimum absolute atomic E-state index is 0.0463. The molecule has 2 aliphatic rings. The molecule has 1 aromatic carbocycles. The minimum atomic E-state index is -4.48. The van der Waals surface area contributed by atoms with Crippen LogP contribution < -0.4 is 10.2 Å². The van der Waals surface area contributed by atoms with Gasteiger partial charge in [0.25, 0.3) is 0 Å². The van der Waals surface area contributed by atoms with Crippen LogP contribution in [0.5, 0.6) is 0 Å². The second-order valence-corrected chi connectivity index (χ2v) is 6.67. The summed E-state index contributed by atoms with van der Waals surface area (Å²) in [5.74, 6) is 0.128. The lowest BCUT2D eigenvalue weighted by Crippen LogP contribution is -2.36. The van der Waals surface area contributed by atoms with Crippen LogP contribution in [0.1, 0.15) is 24.0 Å². The molecule has 8 heteroatoms. The van der Waals surface area contributed by atoms with E-state index in [1.807, 2.05) is 4.90 Å². The van der Waals surface area contributed by atoms with Crippen LogP contribution >= 0.6 is 0 Å². The number of alkyl halides is 3. The van der Waals surface area contributed by atoms with Gasteiger partial charge < -0.3 is 19.7 Å². The van der Waals surface area contributed by atoms with E-state index in [1.165, 1.54) is 6.07 Å². The Morgan fingerprint density at radius 3 is 2.65 bits per heavy atom. The van der Waals surface area contributed by atoms with Crippen molar-refractivity contribution in [2.24, 2.45) is 5.92 Å². The Balaban J connectivity index is 1.62. The van der Waals surface area contributed by atoms with Gasteiger partial charge in [0.1, 0.15) is 6.61 Å². The average molecular weight is 372 g/mol. The van der Waals surface area contributed by atoms with Crippen molar-refractivity contribution >= 4 is 11.6 Å². The molecule has 26 heavy (non-hydrogen) atoms. The second-order valence-electron chi connectivity index (χ2n) is 6.67. The van der Waals surface area contributed by atoms with Crippen molar-refractivity contribution in [2.75, 3.05) is 44.4 Å². The summed E-state index contributed by atoms with van der Waals surface area (Å²) in [6.45, 7) is 2.36. The first kappa shape index (κ1) is 19.0. The first-order valence-electron chi connectivity index (χ1n) is 8.81. The van der Waals surface area contributed by atoms with Gasteiger partial charge in [-0.3, -0.25) is 4.79 Å². The molecular formula is C18H23F3N2O3. The molecule has 2 fully saturated rings. The van der Waals surface area contributed by atoms with Crippen LogP contribution in [0.2, 0.25) is 0 Å². The topological polar surface area (TPSA) is 50.8 Å². The van der Waals surface area contributed by atoms with Crippen molar-refractivity contribution in [3.05, 3.63) is 29.3 Å². The van der Waals surface area contributed by atoms with E-state index >= 15 is 0 Å². The standard InChI is InChI=1S/C18H23F3N2O3/c19-18(20,21)16-9-15(23-5-7-25-8-6-23)4-3-14(16)10-22-17(24)12-26-11-13-1-2-13/h3-4,9,13H,1-2,5-8,10-12H2,(H,22,24). The highest BCUT2D eigenvalue weighted by atomic mass is 19.4. The lowest BCUT2D eigenvalue weighted by atomic mass is 10.0. The van der Waals surface area contributed by atoms with Crippen LogP contribution in [-0.4, -0.2) is 45.4 Å². The van der Waals surface area contributed by atoms with Gasteiger partial charge in [-0.25, -0.2) is 0 Å². The molecule has 0 radical (unpaired) electrons. The Labute approximate surface area is 150 Å². The van der Waals surface area contributed by atoms with E-state index in [0.717, 1.165) is 18.9 Å². The largest absolute Gasteiger partial charge is 0.416 e. The van der Waals surface area contributed by atoms with Crippen LogP contribution in [0.3, 0.4) is 0 Å². The minimum Gasteiger partial charge on any atom is -0.378 e. The predicted octanol–water partition coefficient (Wildman–Crippen LogP) is 2.58. The van der Waals surface area contributed by atoms with Gasteiger partial charge in [0.15, 0.2) is 0 Å². The normalized spacial score (nSPS) is 18.0. The van der Waals surface area contributed by atoms with E-state index in [0.29, 0.717) is 44.5 Å². The number of halogens is 3. The molecule has 0 atom stereocenters. The number of carbonyl (C=O) groups excluding carboxylic acids is 1. The van der Waals surface area contributed by atoms with Crippen molar-refractivity contribution in [2.45, 2.75) is 25.6 Å². The summed E-state index contributed by atoms with van der Waals surface area (Å²) in [4.78, 5) is 13.6. The molecule has 0 bridgehead atoms. The molecule has 1 saturated carbocycles. The van der Waals surface area contributed by atoms with Gasteiger partial charge in [-0.2, -0.15) is 13.2 Å². The summed E-state index contributed by atoms with van der Waals surface area (Å²) in [5.41, 5.74) is -0.158. The fourth-order valence-electron chi connectivity index (χ4n) is 2.85. The molecular weight excluding hydrogens is 349 g/mol. The number of ether oxygens (including phenoxy) is 2. The molecule has 0 aromatic heterocycles. The smallest absolute Gasteiger partial charge is 0.378 e. The van der Waals surface area contributed by atoms with Gasteiger partial charge in [-0.1, -0.05) is 6.07 Å². The predicted molar refractivity (Wildman–Crippen MR) is 89.9 cm³/mol. The van der Waals surface area contributed by atoms with Crippen molar-refractivity contribution in [1.82, 2.24) is 5.32 Å². The fraction of sp³-hybridized carbons (Fsp3) is 0.611. The Kier molecular flexibility index (Phi) is 6.03. The summed E-state index contributed by atoms with van der Waals surface area (Å²) in [5, 5.41) is 2.51. The molecule has 1 saturated heterocycles. The van der Waals surface area contributed by atoms with Gasteiger partial charge in [0.05, 0.1) is 25.4 Å². The molecule has 1 N–H and O–H groups in total. The van der Waals surface area contributed by atoms with E-state index in [4.69, 9.17) is 9.47 Å². The maximum atomic E-state index is 13.4. The van der Waals surface area contributed by atoms with Crippen LogP contribution in [0.4, 0.5) is 18.9 Å². The van der Waals surface area contributed by atoms with E-state index in [-0.39, 0.29) is 18.7 Å². The number of carbonyl (C=O) groups is 1. The molecule has 0 unspecified atom stereocenters. The molecule has 5 nitrogen and oxygen atoms in total. The fourth-order valence-corrected chi connectivity index (χ4v) is 2.85. The Hall–Kier alpha value is -1.80. The lowest BCUT2D eigenvalue weighted by molar-refractivity contribution is -0.138. The quantitative estimate of drug-likeness (QED) is 0.799. The van der Waals surface area contributed by atoms with Crippen molar-refractivity contribution in [1.29, 1.82) is 0 Å². The third-order valence-corrected chi connectivity index (χ3v) is 4.53. The maximum Gasteiger partial charge on any atom is 0.416 e. The lowest BCUT2D eigenvalue weighted by Gasteiger charge is -2.29. The monoisotopic (exact) mass is 372 g/mol. The number of hydrogen-bond donors (Lipinski definition) is 1. The van der Waals surface area contributed by atoms with Crippen LogP contribution in [0.25, 0.3) is 0 Å². The summed E-state index contributed by atoms with van der Waals surface area (Å²) in [6.07, 6.45) is -2.25. The van der Waals surface area contributed by atoms with Gasteiger partial charge >= 0.3 is 6.18 Å². The van der Waals surface area contributed by atoms with Gasteiger partial charge in [0.2, 0.25) is 5.91 Å². The van der Waals surface area contributed by atoms with Crippen molar-refractivity contribution < 1.29 is 27.4 Å². The summed E-state index contributed by atoms with van der Waals surface area (Å²) >= 11 is 0. The number of benzene rings is 1. The van der Waals surface area contributed by atoms with Crippen LogP contribution in [0, 0.1) is 5.92 Å². The highest BCUT2D eigenvalue weighted by molar-refractivity contribution is 5.77. The molecule has 144 valence electrons. The van der Waals surface area contributed by atoms with E-state index < -0.39 is 17.6 Å². The molecule has 1 aromatic rings. The first-order chi connectivity index (χ1) is 12.4. The van der Waals surface area contributed by atoms with E-state index in [1.54, 1.807) is 6.07 Å². The zero-order valence-electron chi connectivity index (χ0n) is 14.5. The van der Waals surface area contributed by atoms with Crippen molar-refractivity contribution in [3.8, 4) is 0 Å². The summed E-state index contributed by atoms with van der Waals surface area (Å²) < 4.78 is 50.8. The third-order valence-electron chi connectivity index (χ3n) is 4.53. The Morgan fingerprint density at radius 2 is 2.00 bits per heavy atom. The highest BCUT2D eigenvalue weighted by Gasteiger charge is 2.34. The van der Waals surface area contributed by atoms with Gasteiger partial charge in [0, 0.05) is 25.3 Å². The first-order valence-corrected chi connectivity index (χ1v) is 8.81. The molecule has 1 heterocycles. The molecule has 1 aliphatic carbocycles. The number of nitrogens with one attached hydrogen (secondary N) is 1. The zero-order chi connectivity index (χ0) is 18.6. The second kappa shape index (κ2) is 8.26. The molecule has 1 amide bonds. The number of hydrogen-bond acceptors (Lipinski definition) is 4. The van der Waals surface area contributed by atoms with E-state index in [2.05, 4.69) is 5.32 Å². The van der Waals surface area contributed by atoms with Crippen molar-refractivity contribution in [3.63, 3.8) is 0 Å². The SMILES string of the molecule is O=C(COCC1CC1)NCc1ccc(N2CCOCC2)cc1C(F)(F)F. The van der Waals surface area contributed by atoms with Crippen LogP contribution in [0.15, 0.2) is 18.2 Å². The number of amides is 1. The van der Waals surface area contributed by atoms with E-state index in [9.17, 15) is 18.0 Å². The number of anilines is 1. The maximum absolute atomic E-state index is 13.4. The highest BCUT2D eigenvalue weighted by Crippen LogP contribution is 2.35. The Morgan fingerprint density at radius 1 is 1.27 bits per heavy atom. The summed E-state index contributed by atoms with van der Waals surface area (Å²) in [6, 6.07) is 4.24. The molecule has 1 aliphatic heterocycles. The number of rotatable bonds is 7. The number of morpholine rings is 1. The third kappa shape index (κ3) is 5.35.